The van der Waals surface area contributed by atoms with Gasteiger partial charge < -0.3 is 0 Å². The summed E-state index contributed by atoms with van der Waals surface area (Å²) in [6.45, 7) is 0. The molecule has 4 nitrogen and oxygen atoms in total. The van der Waals surface area contributed by atoms with Crippen LogP contribution in [-0.2, 0) is 5.75 Å². The zero-order chi connectivity index (χ0) is 12.8. The van der Waals surface area contributed by atoms with Gasteiger partial charge in [0.2, 0.25) is 0 Å². The molecule has 0 fully saturated rings. The van der Waals surface area contributed by atoms with Crippen LogP contribution in [0.5, 0.6) is 0 Å². The molecule has 0 aliphatic heterocycles. The minimum Gasteiger partial charge on any atom is -0.258 e. The third-order valence-electron chi connectivity index (χ3n) is 2.14. The summed E-state index contributed by atoms with van der Waals surface area (Å²) in [6, 6.07) is 13.3. The summed E-state index contributed by atoms with van der Waals surface area (Å²) in [5, 5.41) is 11.2. The molecule has 1 heterocycles. The van der Waals surface area contributed by atoms with Crippen LogP contribution in [0.1, 0.15) is 5.56 Å². The van der Waals surface area contributed by atoms with Crippen molar-refractivity contribution in [1.82, 2.24) is 4.98 Å². The molecule has 0 saturated carbocycles. The van der Waals surface area contributed by atoms with E-state index in [1.165, 1.54) is 28.6 Å². The SMILES string of the molecule is O=[N+]([O-])c1ccc(SSCc2ccccc2)nc1. The number of rotatable bonds is 5. The van der Waals surface area contributed by atoms with E-state index in [4.69, 9.17) is 0 Å². The molecule has 1 aromatic carbocycles. The lowest BCUT2D eigenvalue weighted by Crippen LogP contribution is -1.88. The van der Waals surface area contributed by atoms with E-state index >= 15 is 0 Å². The molecule has 18 heavy (non-hydrogen) atoms. The highest BCUT2D eigenvalue weighted by molar-refractivity contribution is 8.76. The zero-order valence-electron chi connectivity index (χ0n) is 9.35. The number of aromatic nitrogens is 1. The third-order valence-corrected chi connectivity index (χ3v) is 4.34. The molecule has 0 bridgehead atoms. The van der Waals surface area contributed by atoms with Gasteiger partial charge in [0.15, 0.2) is 0 Å². The molecule has 0 N–H and O–H groups in total. The van der Waals surface area contributed by atoms with Crippen LogP contribution in [-0.4, -0.2) is 9.91 Å². The van der Waals surface area contributed by atoms with Gasteiger partial charge in [-0.25, -0.2) is 4.98 Å². The molecule has 2 aromatic rings. The van der Waals surface area contributed by atoms with E-state index in [-0.39, 0.29) is 5.69 Å². The molecule has 92 valence electrons. The first kappa shape index (κ1) is 12.9. The van der Waals surface area contributed by atoms with Gasteiger partial charge in [0.1, 0.15) is 11.2 Å². The Kier molecular flexibility index (Phi) is 4.60. The van der Waals surface area contributed by atoms with Crippen LogP contribution in [0.15, 0.2) is 53.7 Å². The zero-order valence-corrected chi connectivity index (χ0v) is 11.0. The van der Waals surface area contributed by atoms with Crippen molar-refractivity contribution in [2.24, 2.45) is 0 Å². The summed E-state index contributed by atoms with van der Waals surface area (Å²) in [5.41, 5.74) is 1.27. The number of nitrogens with zero attached hydrogens (tertiary/aromatic N) is 2. The van der Waals surface area contributed by atoms with Crippen molar-refractivity contribution >= 4 is 27.3 Å². The van der Waals surface area contributed by atoms with Crippen LogP contribution in [0.4, 0.5) is 5.69 Å². The highest BCUT2D eigenvalue weighted by Gasteiger charge is 2.05. The smallest absolute Gasteiger partial charge is 0.258 e. The summed E-state index contributed by atoms with van der Waals surface area (Å²) in [6.07, 6.45) is 1.28. The molecule has 0 aliphatic carbocycles. The predicted octanol–water partition coefficient (Wildman–Crippen LogP) is 3.93. The molecule has 0 saturated heterocycles. The Labute approximate surface area is 112 Å². The van der Waals surface area contributed by atoms with Crippen LogP contribution < -0.4 is 0 Å². The lowest BCUT2D eigenvalue weighted by atomic mass is 10.2. The Morgan fingerprint density at radius 3 is 2.56 bits per heavy atom. The lowest BCUT2D eigenvalue weighted by Gasteiger charge is -2.00. The second-order valence-electron chi connectivity index (χ2n) is 3.44. The maximum Gasteiger partial charge on any atom is 0.287 e. The normalized spacial score (nSPS) is 10.2. The van der Waals surface area contributed by atoms with Crippen molar-refractivity contribution in [1.29, 1.82) is 0 Å². The minimum atomic E-state index is -0.446. The topological polar surface area (TPSA) is 56.0 Å². The summed E-state index contributed by atoms with van der Waals surface area (Å²) in [5.74, 6) is 0.879. The molecule has 0 radical (unpaired) electrons. The molecule has 0 amide bonds. The summed E-state index contributed by atoms with van der Waals surface area (Å²) in [7, 11) is 3.18. The Morgan fingerprint density at radius 2 is 1.94 bits per heavy atom. The maximum absolute atomic E-state index is 10.5. The standard InChI is InChI=1S/C12H10N2O2S2/c15-14(16)11-6-7-12(13-8-11)18-17-9-10-4-2-1-3-5-10/h1-8H,9H2. The predicted molar refractivity (Wildman–Crippen MR) is 74.5 cm³/mol. The summed E-state index contributed by atoms with van der Waals surface area (Å²) in [4.78, 5) is 14.1. The summed E-state index contributed by atoms with van der Waals surface area (Å²) >= 11 is 0. The summed E-state index contributed by atoms with van der Waals surface area (Å²) < 4.78 is 0. The van der Waals surface area contributed by atoms with Gasteiger partial charge in [-0.05, 0) is 22.4 Å². The number of nitro groups is 1. The van der Waals surface area contributed by atoms with Gasteiger partial charge in [-0.3, -0.25) is 10.1 Å². The van der Waals surface area contributed by atoms with Crippen LogP contribution in [0.3, 0.4) is 0 Å². The first-order chi connectivity index (χ1) is 8.75. The Morgan fingerprint density at radius 1 is 1.17 bits per heavy atom. The molecular formula is C12H10N2O2S2. The second kappa shape index (κ2) is 6.42. The quantitative estimate of drug-likeness (QED) is 0.471. The molecule has 0 aliphatic rings. The van der Waals surface area contributed by atoms with Gasteiger partial charge in [0, 0.05) is 11.8 Å². The Hall–Kier alpha value is -1.53. The number of pyridine rings is 1. The fraction of sp³-hybridized carbons (Fsp3) is 0.0833. The average molecular weight is 278 g/mol. The fourth-order valence-corrected chi connectivity index (χ4v) is 3.23. The number of hydrogen-bond acceptors (Lipinski definition) is 5. The second-order valence-corrected chi connectivity index (χ2v) is 5.76. The van der Waals surface area contributed by atoms with E-state index in [9.17, 15) is 10.1 Å². The van der Waals surface area contributed by atoms with Gasteiger partial charge in [0.25, 0.3) is 5.69 Å². The lowest BCUT2D eigenvalue weighted by molar-refractivity contribution is -0.385. The molecule has 0 spiro atoms. The first-order valence-electron chi connectivity index (χ1n) is 5.19. The van der Waals surface area contributed by atoms with Crippen molar-refractivity contribution in [2.75, 3.05) is 0 Å². The van der Waals surface area contributed by atoms with Crippen LogP contribution in [0, 0.1) is 10.1 Å². The molecule has 2 rings (SSSR count). The van der Waals surface area contributed by atoms with Crippen molar-refractivity contribution < 1.29 is 4.92 Å². The first-order valence-corrected chi connectivity index (χ1v) is 7.51. The van der Waals surface area contributed by atoms with E-state index in [0.717, 1.165) is 10.8 Å². The van der Waals surface area contributed by atoms with Crippen LogP contribution in [0.25, 0.3) is 0 Å². The van der Waals surface area contributed by atoms with Gasteiger partial charge in [0.05, 0.1) is 4.92 Å². The number of benzene rings is 1. The van der Waals surface area contributed by atoms with E-state index in [1.807, 2.05) is 18.2 Å². The molecule has 0 atom stereocenters. The van der Waals surface area contributed by atoms with E-state index < -0.39 is 4.92 Å². The van der Waals surface area contributed by atoms with E-state index in [1.54, 1.807) is 16.9 Å². The fourth-order valence-electron chi connectivity index (χ4n) is 1.26. The van der Waals surface area contributed by atoms with Crippen LogP contribution in [0.2, 0.25) is 0 Å². The highest BCUT2D eigenvalue weighted by Crippen LogP contribution is 2.32. The highest BCUT2D eigenvalue weighted by atomic mass is 33.1. The van der Waals surface area contributed by atoms with Gasteiger partial charge >= 0.3 is 0 Å². The van der Waals surface area contributed by atoms with Crippen molar-refractivity contribution in [3.63, 3.8) is 0 Å². The molecular weight excluding hydrogens is 268 g/mol. The Bertz CT molecular complexity index is 517. The average Bonchev–Trinajstić information content (AvgIpc) is 2.40. The third kappa shape index (κ3) is 3.75. The number of hydrogen-bond donors (Lipinski definition) is 0. The van der Waals surface area contributed by atoms with Gasteiger partial charge in [-0.15, -0.1) is 0 Å². The van der Waals surface area contributed by atoms with Crippen LogP contribution >= 0.6 is 21.6 Å². The van der Waals surface area contributed by atoms with Crippen molar-refractivity contribution in [3.8, 4) is 0 Å². The Balaban J connectivity index is 1.85. The van der Waals surface area contributed by atoms with E-state index in [2.05, 4.69) is 17.1 Å². The van der Waals surface area contributed by atoms with Crippen molar-refractivity contribution in [3.05, 3.63) is 64.3 Å². The van der Waals surface area contributed by atoms with Crippen molar-refractivity contribution in [2.45, 2.75) is 10.8 Å². The van der Waals surface area contributed by atoms with E-state index in [0.29, 0.717) is 0 Å². The monoisotopic (exact) mass is 278 g/mol. The molecule has 0 unspecified atom stereocenters. The minimum absolute atomic E-state index is 0.0207. The molecule has 6 heteroatoms. The van der Waals surface area contributed by atoms with Gasteiger partial charge in [-0.1, -0.05) is 41.1 Å². The maximum atomic E-state index is 10.5. The largest absolute Gasteiger partial charge is 0.287 e. The molecule has 1 aromatic heterocycles. The van der Waals surface area contributed by atoms with Gasteiger partial charge in [-0.2, -0.15) is 0 Å².